The molecular weight excluding hydrogens is 741 g/mol. The Morgan fingerprint density at radius 1 is 0.667 bits per heavy atom. The van der Waals surface area contributed by atoms with Crippen LogP contribution in [0.15, 0.2) is 85.1 Å². The third-order valence-electron chi connectivity index (χ3n) is 8.49. The highest BCUT2D eigenvalue weighted by Crippen LogP contribution is 2.38. The Labute approximate surface area is 346 Å². The van der Waals surface area contributed by atoms with Gasteiger partial charge in [-0.25, -0.2) is 0 Å². The highest BCUT2D eigenvalue weighted by Gasteiger charge is 2.21. The van der Waals surface area contributed by atoms with E-state index < -0.39 is 38.6 Å². The first-order valence-electron chi connectivity index (χ1n) is 21.4. The molecule has 0 heterocycles. The van der Waals surface area contributed by atoms with Crippen LogP contribution in [-0.2, 0) is 32.7 Å². The Morgan fingerprint density at radius 3 is 1.91 bits per heavy atom. The van der Waals surface area contributed by atoms with Gasteiger partial charge in [0.05, 0.1) is 33.9 Å². The summed E-state index contributed by atoms with van der Waals surface area (Å²) < 4.78 is 33.7. The van der Waals surface area contributed by atoms with E-state index in [0.717, 1.165) is 64.2 Å². The maximum atomic E-state index is 12.6. The van der Waals surface area contributed by atoms with E-state index >= 15 is 0 Å². The summed E-state index contributed by atoms with van der Waals surface area (Å²) in [6.45, 7) is 3.85. The zero-order chi connectivity index (χ0) is 42.3. The lowest BCUT2D eigenvalue weighted by molar-refractivity contribution is -0.870. The summed E-state index contributed by atoms with van der Waals surface area (Å²) in [4.78, 5) is 37.5. The number of ether oxygens (including phenoxy) is 2. The van der Waals surface area contributed by atoms with Crippen molar-refractivity contribution in [3.63, 3.8) is 0 Å². The van der Waals surface area contributed by atoms with Gasteiger partial charge in [-0.3, -0.25) is 14.2 Å². The van der Waals surface area contributed by atoms with Gasteiger partial charge < -0.3 is 33.0 Å². The summed E-state index contributed by atoms with van der Waals surface area (Å²) in [6, 6.07) is 0. The molecule has 0 aliphatic carbocycles. The number of carbonyl (C=O) groups is 2. The zero-order valence-electron chi connectivity index (χ0n) is 36.1. The SMILES string of the molecule is CC/C=C\C/C=C\C/C=C\C/C=C\C=C/C(O)C/C=C\CCC(=O)OC[C@H](COP(=O)([O-])OCC[N+](C)(C)C)OC(=O)CCCCCCC/C=C\CCCCCC. The van der Waals surface area contributed by atoms with Gasteiger partial charge in [0.15, 0.2) is 6.10 Å². The molecule has 0 saturated carbocycles. The number of rotatable bonds is 37. The predicted octanol–water partition coefficient (Wildman–Crippen LogP) is 10.4. The lowest BCUT2D eigenvalue weighted by Gasteiger charge is -2.28. The number of nitrogens with zero attached hydrogens (tertiary/aromatic N) is 1. The van der Waals surface area contributed by atoms with Crippen LogP contribution in [0.3, 0.4) is 0 Å². The third kappa shape index (κ3) is 41.1. The van der Waals surface area contributed by atoms with Crippen LogP contribution in [0.25, 0.3) is 0 Å². The van der Waals surface area contributed by atoms with Gasteiger partial charge >= 0.3 is 11.9 Å². The first-order chi connectivity index (χ1) is 27.4. The summed E-state index contributed by atoms with van der Waals surface area (Å²) in [7, 11) is 1.05. The second kappa shape index (κ2) is 37.4. The van der Waals surface area contributed by atoms with E-state index in [9.17, 15) is 24.2 Å². The maximum absolute atomic E-state index is 12.6. The molecule has 0 aliphatic heterocycles. The molecule has 0 spiro atoms. The summed E-state index contributed by atoms with van der Waals surface area (Å²) in [5.41, 5.74) is 0. The van der Waals surface area contributed by atoms with E-state index in [1.807, 2.05) is 39.4 Å². The van der Waals surface area contributed by atoms with Gasteiger partial charge in [0.25, 0.3) is 7.82 Å². The fourth-order valence-corrected chi connectivity index (χ4v) is 5.84. The van der Waals surface area contributed by atoms with Crippen molar-refractivity contribution >= 4 is 19.8 Å². The van der Waals surface area contributed by atoms with Crippen LogP contribution in [0, 0.1) is 0 Å². The largest absolute Gasteiger partial charge is 0.756 e. The summed E-state index contributed by atoms with van der Waals surface area (Å²) >= 11 is 0. The standard InChI is InChI=1S/C46H78NO9P/c1-6-8-10-12-14-16-18-20-22-24-26-28-31-35-43(48)36-32-30-34-37-45(49)53-41-44(42-55-57(51,52)54-40-39-47(3,4)5)56-46(50)38-33-29-27-25-23-21-19-17-15-13-11-9-7-2/h8,10,14,16-17,19-20,22,26,28,30-32,35,43-44,48H,6-7,9,11-13,15,18,21,23-25,27,29,33-34,36-42H2,1-5H3/b10-8-,16-14-,19-17-,22-20-,28-26-,32-30-,35-31-/t43?,44-/m1/s1. The average molecular weight is 820 g/mol. The molecule has 0 aromatic rings. The number of likely N-dealkylation sites (N-methyl/N-ethyl adjacent to an activating group) is 1. The Bertz CT molecular complexity index is 1260. The minimum atomic E-state index is -4.67. The fraction of sp³-hybridized carbons (Fsp3) is 0.652. The molecule has 0 saturated heterocycles. The van der Waals surface area contributed by atoms with Crippen LogP contribution in [0.1, 0.15) is 136 Å². The molecule has 10 nitrogen and oxygen atoms in total. The molecule has 0 aliphatic rings. The minimum Gasteiger partial charge on any atom is -0.756 e. The zero-order valence-corrected chi connectivity index (χ0v) is 37.0. The summed E-state index contributed by atoms with van der Waals surface area (Å²) in [5.74, 6) is -1.04. The number of hydrogen-bond donors (Lipinski definition) is 1. The molecule has 0 amide bonds. The molecule has 3 atom stereocenters. The number of aliphatic hydroxyl groups excluding tert-OH is 1. The van der Waals surface area contributed by atoms with Gasteiger partial charge in [-0.15, -0.1) is 0 Å². The predicted molar refractivity (Wildman–Crippen MR) is 232 cm³/mol. The number of carbonyl (C=O) groups excluding carboxylic acids is 2. The van der Waals surface area contributed by atoms with Crippen LogP contribution in [-0.4, -0.2) is 81.2 Å². The first kappa shape index (κ1) is 54.2. The van der Waals surface area contributed by atoms with Crippen molar-refractivity contribution in [1.82, 2.24) is 0 Å². The minimum absolute atomic E-state index is 0.0643. The second-order valence-corrected chi connectivity index (χ2v) is 16.6. The molecule has 0 fully saturated rings. The number of aliphatic hydroxyl groups is 1. The van der Waals surface area contributed by atoms with Gasteiger partial charge in [0.1, 0.15) is 19.8 Å². The lowest BCUT2D eigenvalue weighted by Crippen LogP contribution is -2.37. The number of phosphoric ester groups is 1. The molecule has 57 heavy (non-hydrogen) atoms. The van der Waals surface area contributed by atoms with Crippen molar-refractivity contribution in [3.8, 4) is 0 Å². The van der Waals surface area contributed by atoms with E-state index in [0.29, 0.717) is 30.3 Å². The van der Waals surface area contributed by atoms with Crippen LogP contribution in [0.5, 0.6) is 0 Å². The third-order valence-corrected chi connectivity index (χ3v) is 9.46. The molecule has 0 radical (unpaired) electrons. The van der Waals surface area contributed by atoms with Crippen LogP contribution in [0.2, 0.25) is 0 Å². The molecule has 1 N–H and O–H groups in total. The molecule has 0 bridgehead atoms. The average Bonchev–Trinajstić information content (AvgIpc) is 3.15. The normalized spacial score (nSPS) is 15.0. The Balaban J connectivity index is 4.62. The topological polar surface area (TPSA) is 131 Å². The molecule has 0 aromatic carbocycles. The van der Waals surface area contributed by atoms with Crippen molar-refractivity contribution in [2.75, 3.05) is 47.5 Å². The highest BCUT2D eigenvalue weighted by molar-refractivity contribution is 7.45. The van der Waals surface area contributed by atoms with Gasteiger partial charge in [-0.2, -0.15) is 0 Å². The molecule has 0 aromatic heterocycles. The van der Waals surface area contributed by atoms with Gasteiger partial charge in [-0.05, 0) is 70.6 Å². The van der Waals surface area contributed by atoms with Crippen molar-refractivity contribution in [2.24, 2.45) is 0 Å². The summed E-state index contributed by atoms with van der Waals surface area (Å²) in [6.07, 6.45) is 43.6. The number of hydrogen-bond acceptors (Lipinski definition) is 9. The summed E-state index contributed by atoms with van der Waals surface area (Å²) in [5, 5.41) is 10.2. The van der Waals surface area contributed by atoms with Crippen LogP contribution >= 0.6 is 7.82 Å². The molecule has 11 heteroatoms. The first-order valence-corrected chi connectivity index (χ1v) is 22.9. The highest BCUT2D eigenvalue weighted by atomic mass is 31.2. The van der Waals surface area contributed by atoms with Crippen LogP contribution in [0.4, 0.5) is 0 Å². The van der Waals surface area contributed by atoms with Crippen LogP contribution < -0.4 is 4.89 Å². The monoisotopic (exact) mass is 820 g/mol. The van der Waals surface area contributed by atoms with E-state index in [-0.39, 0.29) is 26.1 Å². The van der Waals surface area contributed by atoms with E-state index in [1.165, 1.54) is 25.7 Å². The Kier molecular flexibility index (Phi) is 35.6. The quantitative estimate of drug-likeness (QED) is 0.0162. The van der Waals surface area contributed by atoms with Gasteiger partial charge in [-0.1, -0.05) is 137 Å². The maximum Gasteiger partial charge on any atom is 0.306 e. The number of phosphoric acid groups is 1. The van der Waals surface area contributed by atoms with Crippen molar-refractivity contribution < 1.29 is 47.2 Å². The van der Waals surface area contributed by atoms with Crippen molar-refractivity contribution in [2.45, 2.75) is 148 Å². The lowest BCUT2D eigenvalue weighted by atomic mass is 10.1. The molecule has 326 valence electrons. The van der Waals surface area contributed by atoms with Crippen molar-refractivity contribution in [3.05, 3.63) is 85.1 Å². The Morgan fingerprint density at radius 2 is 1.26 bits per heavy atom. The van der Waals surface area contributed by atoms with E-state index in [2.05, 4.69) is 62.5 Å². The molecule has 2 unspecified atom stereocenters. The Hall–Kier alpha value is -2.85. The fourth-order valence-electron chi connectivity index (χ4n) is 5.11. The number of esters is 2. The molecular formula is C46H78NO9P. The number of quaternary nitrogens is 1. The van der Waals surface area contributed by atoms with Gasteiger partial charge in [0.2, 0.25) is 0 Å². The second-order valence-electron chi connectivity index (χ2n) is 15.2. The molecule has 0 rings (SSSR count). The van der Waals surface area contributed by atoms with Gasteiger partial charge in [0, 0.05) is 12.8 Å². The smallest absolute Gasteiger partial charge is 0.306 e. The van der Waals surface area contributed by atoms with E-state index in [4.69, 9.17) is 18.5 Å². The van der Waals surface area contributed by atoms with Crippen molar-refractivity contribution in [1.29, 1.82) is 0 Å². The number of allylic oxidation sites excluding steroid dienone is 12. The van der Waals surface area contributed by atoms with E-state index in [1.54, 1.807) is 18.2 Å². The number of unbranched alkanes of at least 4 members (excludes halogenated alkanes) is 9.